The number of carbonyl (C=O) groups excluding carboxylic acids is 1. The highest BCUT2D eigenvalue weighted by atomic mass is 35.5. The van der Waals surface area contributed by atoms with E-state index in [1.165, 1.54) is 11.6 Å². The molecular weight excluding hydrogens is 445 g/mol. The van der Waals surface area contributed by atoms with Crippen LogP contribution in [0.5, 0.6) is 0 Å². The van der Waals surface area contributed by atoms with Crippen molar-refractivity contribution in [1.29, 1.82) is 0 Å². The van der Waals surface area contributed by atoms with Gasteiger partial charge in [-0.1, -0.05) is 11.6 Å². The largest absolute Gasteiger partial charge is 0.444 e. The van der Waals surface area contributed by atoms with E-state index in [0.717, 1.165) is 29.7 Å². The summed E-state index contributed by atoms with van der Waals surface area (Å²) in [4.78, 5) is 25.6. The van der Waals surface area contributed by atoms with Gasteiger partial charge in [-0.2, -0.15) is 0 Å². The lowest BCUT2D eigenvalue weighted by atomic mass is 10.1. The second-order valence-corrected chi connectivity index (χ2v) is 10.1. The number of halogens is 2. The lowest BCUT2D eigenvalue weighted by Crippen LogP contribution is -2.50. The number of benzene rings is 1. The van der Waals surface area contributed by atoms with Crippen molar-refractivity contribution in [3.8, 4) is 5.69 Å². The molecule has 1 saturated carbocycles. The maximum Gasteiger partial charge on any atom is 0.410 e. The zero-order valence-corrected chi connectivity index (χ0v) is 19.8. The maximum absolute atomic E-state index is 14.2. The van der Waals surface area contributed by atoms with E-state index in [2.05, 4.69) is 21.1 Å². The Bertz CT molecular complexity index is 1210. The van der Waals surface area contributed by atoms with Gasteiger partial charge in [0, 0.05) is 32.4 Å². The molecule has 1 aliphatic carbocycles. The zero-order chi connectivity index (χ0) is 23.3. The molecule has 1 aromatic carbocycles. The van der Waals surface area contributed by atoms with Crippen LogP contribution in [0.4, 0.5) is 15.0 Å². The SMILES string of the molecule is CC(C)(C)OC(=O)N1CCN(c2ncnc3c2c(C2CC2)cn3-c2ccc(Cl)c(F)c2)CC1. The molecule has 5 rings (SSSR count). The molecular formula is C24H27ClFN5O2. The summed E-state index contributed by atoms with van der Waals surface area (Å²) in [5.41, 5.74) is 2.09. The van der Waals surface area contributed by atoms with Crippen molar-refractivity contribution >= 4 is 34.5 Å². The summed E-state index contributed by atoms with van der Waals surface area (Å²) in [6.07, 6.45) is 5.56. The van der Waals surface area contributed by atoms with Crippen molar-refractivity contribution in [1.82, 2.24) is 19.4 Å². The van der Waals surface area contributed by atoms with Crippen molar-refractivity contribution in [2.45, 2.75) is 45.1 Å². The maximum atomic E-state index is 14.2. The van der Waals surface area contributed by atoms with Crippen molar-refractivity contribution in [2.24, 2.45) is 0 Å². The standard InChI is InChI=1S/C24H27ClFN5O2/c1-24(2,3)33-23(32)30-10-8-29(9-11-30)21-20-17(15-4-5-15)13-31(22(20)28-14-27-21)16-6-7-18(25)19(26)12-16/h6-7,12-15H,4-5,8-11H2,1-3H3. The minimum Gasteiger partial charge on any atom is -0.444 e. The first kappa shape index (κ1) is 21.9. The number of carbonyl (C=O) groups is 1. The van der Waals surface area contributed by atoms with Gasteiger partial charge in [0.2, 0.25) is 0 Å². The Morgan fingerprint density at radius 2 is 1.88 bits per heavy atom. The molecule has 174 valence electrons. The molecule has 33 heavy (non-hydrogen) atoms. The van der Waals surface area contributed by atoms with Gasteiger partial charge in [-0.25, -0.2) is 19.2 Å². The summed E-state index contributed by atoms with van der Waals surface area (Å²) in [7, 11) is 0. The number of amides is 1. The molecule has 0 spiro atoms. The fourth-order valence-corrected chi connectivity index (χ4v) is 4.39. The number of hydrogen-bond acceptors (Lipinski definition) is 5. The highest BCUT2D eigenvalue weighted by Gasteiger charge is 2.32. The smallest absolute Gasteiger partial charge is 0.410 e. The molecule has 0 radical (unpaired) electrons. The summed E-state index contributed by atoms with van der Waals surface area (Å²) >= 11 is 5.89. The number of nitrogens with zero attached hydrogens (tertiary/aromatic N) is 5. The minimum absolute atomic E-state index is 0.0933. The molecule has 0 atom stereocenters. The molecule has 7 nitrogen and oxygen atoms in total. The summed E-state index contributed by atoms with van der Waals surface area (Å²) < 4.78 is 21.6. The molecule has 1 saturated heterocycles. The number of piperazine rings is 1. The fraction of sp³-hybridized carbons (Fsp3) is 0.458. The van der Waals surface area contributed by atoms with Crippen LogP contribution in [-0.4, -0.2) is 57.3 Å². The van der Waals surface area contributed by atoms with Crippen LogP contribution in [-0.2, 0) is 4.74 Å². The van der Waals surface area contributed by atoms with Crippen LogP contribution in [0.1, 0.15) is 45.1 Å². The lowest BCUT2D eigenvalue weighted by molar-refractivity contribution is 0.0240. The van der Waals surface area contributed by atoms with Gasteiger partial charge in [-0.15, -0.1) is 0 Å². The van der Waals surface area contributed by atoms with E-state index in [9.17, 15) is 9.18 Å². The number of hydrogen-bond donors (Lipinski definition) is 0. The van der Waals surface area contributed by atoms with Gasteiger partial charge in [-0.05, 0) is 63.3 Å². The second kappa shape index (κ2) is 8.17. The van der Waals surface area contributed by atoms with Gasteiger partial charge in [0.15, 0.2) is 0 Å². The van der Waals surface area contributed by atoms with Crippen LogP contribution >= 0.6 is 11.6 Å². The highest BCUT2D eigenvalue weighted by Crippen LogP contribution is 2.46. The molecule has 3 aromatic rings. The minimum atomic E-state index is -0.518. The van der Waals surface area contributed by atoms with Crippen molar-refractivity contribution in [3.05, 3.63) is 47.1 Å². The first-order chi connectivity index (χ1) is 15.7. The molecule has 2 aliphatic rings. The quantitative estimate of drug-likeness (QED) is 0.528. The van der Waals surface area contributed by atoms with E-state index in [0.29, 0.717) is 37.8 Å². The van der Waals surface area contributed by atoms with E-state index in [-0.39, 0.29) is 11.1 Å². The average molecular weight is 472 g/mol. The van der Waals surface area contributed by atoms with Crippen LogP contribution in [0.15, 0.2) is 30.7 Å². The predicted octanol–water partition coefficient (Wildman–Crippen LogP) is 5.15. The molecule has 2 fully saturated rings. The van der Waals surface area contributed by atoms with Gasteiger partial charge in [0.25, 0.3) is 0 Å². The van der Waals surface area contributed by atoms with Gasteiger partial charge in [0.05, 0.1) is 16.1 Å². The molecule has 3 heterocycles. The van der Waals surface area contributed by atoms with Crippen molar-refractivity contribution in [2.75, 3.05) is 31.1 Å². The van der Waals surface area contributed by atoms with Crippen molar-refractivity contribution in [3.63, 3.8) is 0 Å². The molecule has 2 aromatic heterocycles. The predicted molar refractivity (Wildman–Crippen MR) is 126 cm³/mol. The lowest BCUT2D eigenvalue weighted by Gasteiger charge is -2.36. The zero-order valence-electron chi connectivity index (χ0n) is 19.0. The summed E-state index contributed by atoms with van der Waals surface area (Å²) in [6, 6.07) is 4.79. The number of aromatic nitrogens is 3. The third-order valence-corrected chi connectivity index (χ3v) is 6.33. The van der Waals surface area contributed by atoms with Crippen LogP contribution in [0.3, 0.4) is 0 Å². The monoisotopic (exact) mass is 471 g/mol. The van der Waals surface area contributed by atoms with E-state index in [4.69, 9.17) is 16.3 Å². The molecule has 0 bridgehead atoms. The Kier molecular flexibility index (Phi) is 5.43. The van der Waals surface area contributed by atoms with E-state index < -0.39 is 11.4 Å². The van der Waals surface area contributed by atoms with Crippen LogP contribution in [0.25, 0.3) is 16.7 Å². The summed E-state index contributed by atoms with van der Waals surface area (Å²) in [6.45, 7) is 8.02. The first-order valence-electron chi connectivity index (χ1n) is 11.3. The molecule has 9 heteroatoms. The van der Waals surface area contributed by atoms with E-state index >= 15 is 0 Å². The molecule has 1 aliphatic heterocycles. The van der Waals surface area contributed by atoms with Gasteiger partial charge in [0.1, 0.15) is 29.2 Å². The summed E-state index contributed by atoms with van der Waals surface area (Å²) in [5, 5.41) is 1.09. The van der Waals surface area contributed by atoms with Crippen molar-refractivity contribution < 1.29 is 13.9 Å². The number of ether oxygens (including phenoxy) is 1. The van der Waals surface area contributed by atoms with Gasteiger partial charge >= 0.3 is 6.09 Å². The number of anilines is 1. The normalized spacial score (nSPS) is 17.0. The second-order valence-electron chi connectivity index (χ2n) is 9.68. The fourth-order valence-electron chi connectivity index (χ4n) is 4.28. The third kappa shape index (κ3) is 4.36. The Balaban J connectivity index is 1.47. The van der Waals surface area contributed by atoms with Crippen LogP contribution in [0.2, 0.25) is 5.02 Å². The highest BCUT2D eigenvalue weighted by molar-refractivity contribution is 6.30. The molecule has 0 N–H and O–H groups in total. The van der Waals surface area contributed by atoms with Crippen LogP contribution < -0.4 is 4.90 Å². The first-order valence-corrected chi connectivity index (χ1v) is 11.6. The molecule has 0 unspecified atom stereocenters. The number of fused-ring (bicyclic) bond motifs is 1. The third-order valence-electron chi connectivity index (χ3n) is 6.02. The van der Waals surface area contributed by atoms with Gasteiger partial charge < -0.3 is 19.1 Å². The Hall–Kier alpha value is -2.87. The topological polar surface area (TPSA) is 63.5 Å². The van der Waals surface area contributed by atoms with E-state index in [1.807, 2.05) is 25.3 Å². The Morgan fingerprint density at radius 1 is 1.15 bits per heavy atom. The Morgan fingerprint density at radius 3 is 2.52 bits per heavy atom. The average Bonchev–Trinajstić information content (AvgIpc) is 3.54. The van der Waals surface area contributed by atoms with Gasteiger partial charge in [-0.3, -0.25) is 0 Å². The summed E-state index contributed by atoms with van der Waals surface area (Å²) in [5.74, 6) is 0.856. The van der Waals surface area contributed by atoms with Crippen LogP contribution in [0, 0.1) is 5.82 Å². The van der Waals surface area contributed by atoms with E-state index in [1.54, 1.807) is 23.4 Å². The Labute approximate surface area is 197 Å². The molecule has 1 amide bonds. The number of rotatable bonds is 3.